The number of likely N-dealkylation sites (tertiary alicyclic amines) is 2. The number of hydrogen-bond donors (Lipinski definition) is 8. The molecule has 0 saturated carbocycles. The van der Waals surface area contributed by atoms with E-state index in [-0.39, 0.29) is 115 Å². The summed E-state index contributed by atoms with van der Waals surface area (Å²) in [6.07, 6.45) is 6.42. The topological polar surface area (TPSA) is 360 Å². The number of piperidine rings is 1. The molecular weight excluding hydrogens is 1270 g/mol. The first-order chi connectivity index (χ1) is 45.9. The number of nitriles is 1. The van der Waals surface area contributed by atoms with Gasteiger partial charge < -0.3 is 56.2 Å². The molecule has 0 spiro atoms. The molecule has 526 valence electrons. The molecule has 3 aliphatic heterocycles. The van der Waals surface area contributed by atoms with Gasteiger partial charge in [-0.1, -0.05) is 36.2 Å². The van der Waals surface area contributed by atoms with Gasteiger partial charge in [0, 0.05) is 114 Å². The Kier molecular flexibility index (Phi) is 32.1. The van der Waals surface area contributed by atoms with Crippen LogP contribution in [-0.4, -0.2) is 274 Å². The van der Waals surface area contributed by atoms with Gasteiger partial charge in [-0.05, 0) is 107 Å². The third kappa shape index (κ3) is 27.6. The first kappa shape index (κ1) is 77.1. The molecule has 0 radical (unpaired) electrons. The number of fused-ring (bicyclic) bond motifs is 1. The van der Waals surface area contributed by atoms with E-state index in [2.05, 4.69) is 43.4 Å². The van der Waals surface area contributed by atoms with E-state index in [4.69, 9.17) is 4.74 Å². The van der Waals surface area contributed by atoms with Gasteiger partial charge >= 0.3 is 17.9 Å². The Labute approximate surface area is 562 Å². The van der Waals surface area contributed by atoms with E-state index < -0.39 is 85.2 Å². The number of unbranched alkanes of at least 4 members (excludes halogenated alkanes) is 2. The summed E-state index contributed by atoms with van der Waals surface area (Å²) in [6, 6.07) is 14.2. The van der Waals surface area contributed by atoms with Crippen molar-refractivity contribution in [2.75, 3.05) is 136 Å². The van der Waals surface area contributed by atoms with Crippen LogP contribution in [0.25, 0.3) is 10.9 Å². The van der Waals surface area contributed by atoms with Crippen molar-refractivity contribution < 1.29 is 77.1 Å². The first-order valence-electron chi connectivity index (χ1n) is 32.8. The maximum Gasteiger partial charge on any atom is 0.317 e. The fourth-order valence-corrected chi connectivity index (χ4v) is 12.5. The molecule has 3 fully saturated rings. The molecular formula is C66H93F2N13O14S. The van der Waals surface area contributed by atoms with E-state index in [0.717, 1.165) is 54.6 Å². The average Bonchev–Trinajstić information content (AvgIpc) is 0.924. The second-order valence-corrected chi connectivity index (χ2v) is 25.8. The number of halogens is 2. The zero-order chi connectivity index (χ0) is 69.6. The largest absolute Gasteiger partial charge is 0.494 e. The molecule has 4 heterocycles. The van der Waals surface area contributed by atoms with Gasteiger partial charge in [0.1, 0.15) is 23.9 Å². The van der Waals surface area contributed by atoms with Gasteiger partial charge in [-0.2, -0.15) is 17.0 Å². The Bertz CT molecular complexity index is 3140. The predicted octanol–water partition coefficient (Wildman–Crippen LogP) is 2.72. The third-order valence-electron chi connectivity index (χ3n) is 17.0. The van der Waals surface area contributed by atoms with Crippen molar-refractivity contribution in [3.63, 3.8) is 0 Å². The van der Waals surface area contributed by atoms with E-state index in [1.165, 1.54) is 24.0 Å². The monoisotopic (exact) mass is 1360 g/mol. The van der Waals surface area contributed by atoms with Crippen molar-refractivity contribution in [1.82, 2.24) is 55.7 Å². The Morgan fingerprint density at radius 3 is 2.02 bits per heavy atom. The van der Waals surface area contributed by atoms with Gasteiger partial charge in [-0.25, -0.2) is 8.78 Å². The number of nitrogens with one attached hydrogen (secondary N) is 4. The zero-order valence-corrected chi connectivity index (χ0v) is 55.7. The van der Waals surface area contributed by atoms with E-state index in [9.17, 15) is 77.6 Å². The number of carboxylic acids is 3. The summed E-state index contributed by atoms with van der Waals surface area (Å²) in [5.74, 6) is -7.56. The first-order valence-corrected chi connectivity index (χ1v) is 34.0. The number of alkyl halides is 2. The number of thioether (sulfide) groups is 1. The summed E-state index contributed by atoms with van der Waals surface area (Å²) in [4.78, 5) is 133. The molecule has 3 aliphatic rings. The van der Waals surface area contributed by atoms with Crippen LogP contribution in [0, 0.1) is 24.2 Å². The minimum absolute atomic E-state index is 0.0885. The highest BCUT2D eigenvalue weighted by Crippen LogP contribution is 2.32. The standard InChI is InChI=1S/C66H93F2N13O14S/c1-46-12-14-48(15-13-46)9-7-11-57(83)74-47(2)70-21-5-3-10-55(75-58(84)40-76-26-28-77(41-60(86)87)30-32-79(43-62(90)91)33-31-78(29-27-76)42-61(88)89)64(93)72-23-35-96-44-56(82)65(94)80-24-19-49(20-25-80)8-4-6-34-95-51-16-17-54-53(36-51)52(18-22-71-54)63(92)73-39-59(85)81-45-66(67,68)37-50(81)38-69/h12-18,22,36,49-50,55-56,82H,3-11,19-21,23-35,37,39-45H2,1-2H3,(H,72,93)(H,73,92)(H,75,84)(H,86,87)(H,88,89)(H,90,91)(H,70,74,83)/t50-,55+,56-/m1/s1. The lowest BCUT2D eigenvalue weighted by molar-refractivity contribution is -0.140. The number of aryl methyl sites for hydroxylation is 2. The zero-order valence-electron chi connectivity index (χ0n) is 54.9. The highest BCUT2D eigenvalue weighted by Gasteiger charge is 2.47. The number of ether oxygens (including phenoxy) is 1. The number of pyridine rings is 1. The summed E-state index contributed by atoms with van der Waals surface area (Å²) < 4.78 is 33.9. The summed E-state index contributed by atoms with van der Waals surface area (Å²) in [6.45, 7) is 4.56. The molecule has 8 N–H and O–H groups in total. The Morgan fingerprint density at radius 1 is 0.781 bits per heavy atom. The smallest absolute Gasteiger partial charge is 0.317 e. The highest BCUT2D eigenvalue weighted by atomic mass is 32.2. The summed E-state index contributed by atoms with van der Waals surface area (Å²) in [7, 11) is 0. The number of carboxylic acid groups (broad SMARTS) is 3. The second kappa shape index (κ2) is 39.9. The van der Waals surface area contributed by atoms with Gasteiger partial charge in [-0.3, -0.25) is 72.7 Å². The molecule has 0 unspecified atom stereocenters. The normalized spacial score (nSPS) is 17.9. The summed E-state index contributed by atoms with van der Waals surface area (Å²) >= 11 is 1.29. The summed E-state index contributed by atoms with van der Waals surface area (Å²) in [5.41, 5.74) is 3.03. The number of hydrogen-bond acceptors (Lipinski definition) is 19. The lowest BCUT2D eigenvalue weighted by Crippen LogP contribution is -2.52. The van der Waals surface area contributed by atoms with Gasteiger partial charge in [0.05, 0.1) is 68.9 Å². The van der Waals surface area contributed by atoms with Gasteiger partial charge in [0.15, 0.2) is 0 Å². The minimum atomic E-state index is -3.18. The predicted molar refractivity (Wildman–Crippen MR) is 354 cm³/mol. The van der Waals surface area contributed by atoms with E-state index in [1.807, 2.05) is 19.1 Å². The SMILES string of the molecule is C/C(=N\CCCC[C@H](NC(=O)CN1CCN(CC(=O)O)CCN(CC(=O)O)CCN(CC(=O)O)CC1)C(=O)NCCSC[C@@H](O)C(=O)N1CCC(CCCCOc2ccc3nccc(C(=O)NCC(=O)N4CC(F)(F)C[C@@H]4C#N)c3c2)CC1)NC(=O)CCCc1ccc(C)cc1. The average molecular weight is 1360 g/mol. The molecule has 96 heavy (non-hydrogen) atoms. The van der Waals surface area contributed by atoms with Crippen LogP contribution in [0.2, 0.25) is 0 Å². The number of benzene rings is 2. The molecule has 3 aromatic rings. The number of carbonyl (C=O) groups excluding carboxylic acids is 6. The Hall–Kier alpha value is -7.95. The van der Waals surface area contributed by atoms with Crippen LogP contribution < -0.4 is 26.0 Å². The van der Waals surface area contributed by atoms with Crippen molar-refractivity contribution >= 4 is 81.9 Å². The van der Waals surface area contributed by atoms with Crippen molar-refractivity contribution in [3.05, 3.63) is 71.4 Å². The molecule has 0 aliphatic carbocycles. The molecule has 6 rings (SSSR count). The van der Waals surface area contributed by atoms with Crippen LogP contribution >= 0.6 is 11.8 Å². The Morgan fingerprint density at radius 2 is 1.41 bits per heavy atom. The van der Waals surface area contributed by atoms with Crippen molar-refractivity contribution in [2.45, 2.75) is 115 Å². The number of rotatable bonds is 34. The fourth-order valence-electron chi connectivity index (χ4n) is 11.7. The maximum atomic E-state index is 13.9. The van der Waals surface area contributed by atoms with Crippen molar-refractivity contribution in [3.8, 4) is 11.8 Å². The molecule has 1 aromatic heterocycles. The molecule has 27 nitrogen and oxygen atoms in total. The molecule has 6 amide bonds. The van der Waals surface area contributed by atoms with Gasteiger partial charge in [-0.15, -0.1) is 0 Å². The molecule has 2 aromatic carbocycles. The molecule has 30 heteroatoms. The van der Waals surface area contributed by atoms with Crippen molar-refractivity contribution in [2.24, 2.45) is 10.9 Å². The molecule has 0 bridgehead atoms. The minimum Gasteiger partial charge on any atom is -0.494 e. The highest BCUT2D eigenvalue weighted by molar-refractivity contribution is 7.99. The lowest BCUT2D eigenvalue weighted by Gasteiger charge is -2.33. The fraction of sp³-hybridized carbons (Fsp3) is 0.606. The number of aliphatic imine (C=N–C) groups is 1. The van der Waals surface area contributed by atoms with Gasteiger partial charge in [0.25, 0.3) is 17.7 Å². The lowest BCUT2D eigenvalue weighted by atomic mass is 9.91. The number of aliphatic carboxylic acids is 3. The number of nitrogens with zero attached hydrogens (tertiary/aromatic N) is 9. The number of amidine groups is 1. The number of aromatic nitrogens is 1. The van der Waals surface area contributed by atoms with E-state index >= 15 is 0 Å². The number of aliphatic hydroxyl groups is 1. The van der Waals surface area contributed by atoms with Crippen LogP contribution in [0.1, 0.15) is 99.0 Å². The number of carbonyl (C=O) groups is 9. The van der Waals surface area contributed by atoms with E-state index in [1.54, 1.807) is 55.7 Å². The second-order valence-electron chi connectivity index (χ2n) is 24.7. The third-order valence-corrected chi connectivity index (χ3v) is 18.0. The van der Waals surface area contributed by atoms with Crippen LogP contribution in [0.15, 0.2) is 59.7 Å². The molecule has 3 atom stereocenters. The Balaban J connectivity index is 0.933. The van der Waals surface area contributed by atoms with E-state index in [0.29, 0.717) is 86.1 Å². The quantitative estimate of drug-likeness (QED) is 0.0242. The van der Waals surface area contributed by atoms with Crippen LogP contribution in [0.3, 0.4) is 0 Å². The molecule has 3 saturated heterocycles. The number of amides is 6. The van der Waals surface area contributed by atoms with Crippen LogP contribution in [0.4, 0.5) is 8.78 Å². The van der Waals surface area contributed by atoms with Crippen LogP contribution in [-0.2, 0) is 44.8 Å². The summed E-state index contributed by atoms with van der Waals surface area (Å²) in [5, 5.41) is 60.7. The van der Waals surface area contributed by atoms with Gasteiger partial charge in [0.2, 0.25) is 23.6 Å². The number of aliphatic hydroxyl groups excluding tert-OH is 1. The van der Waals surface area contributed by atoms with Crippen LogP contribution in [0.5, 0.6) is 5.75 Å². The van der Waals surface area contributed by atoms with Crippen molar-refractivity contribution in [1.29, 1.82) is 5.26 Å². The maximum absolute atomic E-state index is 13.9.